The lowest BCUT2D eigenvalue weighted by Gasteiger charge is -2.25. The lowest BCUT2D eigenvalue weighted by atomic mass is 9.90. The Morgan fingerprint density at radius 3 is 2.55 bits per heavy atom. The number of aliphatic hydroxyl groups is 1. The summed E-state index contributed by atoms with van der Waals surface area (Å²) in [5, 5.41) is 20.3. The van der Waals surface area contributed by atoms with Crippen LogP contribution in [-0.2, 0) is 15.1 Å². The number of carboxylic acid groups (broad SMARTS) is 1. The van der Waals surface area contributed by atoms with Crippen molar-refractivity contribution in [2.24, 2.45) is 0 Å². The van der Waals surface area contributed by atoms with Gasteiger partial charge in [0.05, 0.1) is 14.2 Å². The summed E-state index contributed by atoms with van der Waals surface area (Å²) < 4.78 is 15.6. The van der Waals surface area contributed by atoms with Crippen molar-refractivity contribution < 1.29 is 34.0 Å². The average Bonchev–Trinajstić information content (AvgIpc) is 2.71. The summed E-state index contributed by atoms with van der Waals surface area (Å²) in [6.45, 7) is 1.41. The molecule has 0 saturated heterocycles. The second kappa shape index (κ2) is 5.47. The molecule has 0 aliphatic carbocycles. The van der Waals surface area contributed by atoms with E-state index in [1.54, 1.807) is 18.2 Å². The Hall–Kier alpha value is -2.90. The summed E-state index contributed by atoms with van der Waals surface area (Å²) in [6, 6.07) is 4.70. The number of nitrogens with one attached hydrogen (secondary N) is 1. The number of ether oxygens (including phenoxy) is 3. The van der Waals surface area contributed by atoms with Crippen LogP contribution in [0.5, 0.6) is 11.5 Å². The lowest BCUT2D eigenvalue weighted by Crippen LogP contribution is -2.32. The van der Waals surface area contributed by atoms with E-state index in [1.165, 1.54) is 21.1 Å². The topological polar surface area (TPSA) is 114 Å². The van der Waals surface area contributed by atoms with Crippen LogP contribution in [0.15, 0.2) is 29.8 Å². The van der Waals surface area contributed by atoms with Crippen molar-refractivity contribution in [3.8, 4) is 11.5 Å². The lowest BCUT2D eigenvalue weighted by molar-refractivity contribution is -0.131. The zero-order chi connectivity index (χ0) is 16.5. The largest absolute Gasteiger partial charge is 0.501 e. The van der Waals surface area contributed by atoms with Crippen molar-refractivity contribution in [3.05, 3.63) is 35.4 Å². The molecular weight excluding hydrogens is 294 g/mol. The predicted octanol–water partition coefficient (Wildman–Crippen LogP) is 1.51. The highest BCUT2D eigenvalue weighted by molar-refractivity contribution is 6.03. The number of rotatable bonds is 4. The molecule has 0 fully saturated rings. The van der Waals surface area contributed by atoms with Crippen LogP contribution in [0.3, 0.4) is 0 Å². The highest BCUT2D eigenvalue weighted by Crippen LogP contribution is 2.42. The van der Waals surface area contributed by atoms with Crippen LogP contribution in [0, 0.1) is 0 Å². The normalized spacial score (nSPS) is 20.6. The van der Waals surface area contributed by atoms with Gasteiger partial charge in [-0.2, -0.15) is 0 Å². The van der Waals surface area contributed by atoms with Gasteiger partial charge in [-0.25, -0.2) is 4.79 Å². The molecule has 1 atom stereocenters. The van der Waals surface area contributed by atoms with Gasteiger partial charge in [-0.05, 0) is 19.1 Å². The molecule has 0 bridgehead atoms. The van der Waals surface area contributed by atoms with E-state index in [9.17, 15) is 14.7 Å². The van der Waals surface area contributed by atoms with E-state index < -0.39 is 29.1 Å². The number of hydrogen-bond donors (Lipinski definition) is 3. The molecule has 0 spiro atoms. The number of hydrogen-bond acceptors (Lipinski definition) is 6. The molecule has 3 N–H and O–H groups in total. The third-order valence-corrected chi connectivity index (χ3v) is 3.31. The third kappa shape index (κ3) is 2.39. The van der Waals surface area contributed by atoms with Crippen LogP contribution in [0.1, 0.15) is 12.5 Å². The molecule has 1 amide bonds. The summed E-state index contributed by atoms with van der Waals surface area (Å²) >= 11 is 0. The van der Waals surface area contributed by atoms with Crippen LogP contribution >= 0.6 is 0 Å². The fourth-order valence-corrected chi connectivity index (χ4v) is 2.18. The van der Waals surface area contributed by atoms with Crippen molar-refractivity contribution in [3.63, 3.8) is 0 Å². The smallest absolute Gasteiger partial charge is 0.411 e. The van der Waals surface area contributed by atoms with Gasteiger partial charge in [0.2, 0.25) is 17.2 Å². The second-order valence-corrected chi connectivity index (χ2v) is 4.64. The number of methoxy groups -OCH3 is 2. The number of aliphatic hydroxyl groups excluding tert-OH is 1. The number of ketones is 1. The molecule has 1 aliphatic rings. The fourth-order valence-electron chi connectivity index (χ4n) is 2.18. The van der Waals surface area contributed by atoms with Gasteiger partial charge >= 0.3 is 6.09 Å². The number of carbonyl (C=O) groups is 2. The van der Waals surface area contributed by atoms with Crippen LogP contribution in [-0.4, -0.2) is 36.3 Å². The molecule has 2 rings (SSSR count). The van der Waals surface area contributed by atoms with Gasteiger partial charge in [-0.3, -0.25) is 10.1 Å². The minimum Gasteiger partial charge on any atom is -0.501 e. The molecule has 118 valence electrons. The number of benzene rings is 1. The second-order valence-electron chi connectivity index (χ2n) is 4.64. The molecule has 0 aromatic heterocycles. The number of carbonyl (C=O) groups excluding carboxylic acids is 1. The summed E-state index contributed by atoms with van der Waals surface area (Å²) in [6.07, 6.45) is -1.46. The molecule has 1 unspecified atom stereocenters. The molecule has 1 aliphatic heterocycles. The van der Waals surface area contributed by atoms with Gasteiger partial charge in [-0.15, -0.1) is 0 Å². The first kappa shape index (κ1) is 15.5. The van der Waals surface area contributed by atoms with Crippen LogP contribution in [0.25, 0.3) is 0 Å². The van der Waals surface area contributed by atoms with E-state index in [-0.39, 0.29) is 0 Å². The summed E-state index contributed by atoms with van der Waals surface area (Å²) in [7, 11) is 2.89. The highest BCUT2D eigenvalue weighted by Gasteiger charge is 2.50. The number of amides is 1. The van der Waals surface area contributed by atoms with Crippen molar-refractivity contribution in [1.29, 1.82) is 0 Å². The van der Waals surface area contributed by atoms with Gasteiger partial charge in [0.25, 0.3) is 5.78 Å². The first-order chi connectivity index (χ1) is 10.3. The summed E-state index contributed by atoms with van der Waals surface area (Å²) in [5.74, 6) is -1.27. The molecule has 1 heterocycles. The van der Waals surface area contributed by atoms with Crippen molar-refractivity contribution in [1.82, 2.24) is 5.32 Å². The molecule has 22 heavy (non-hydrogen) atoms. The van der Waals surface area contributed by atoms with E-state index >= 15 is 0 Å². The van der Waals surface area contributed by atoms with Gasteiger partial charge in [-0.1, -0.05) is 0 Å². The van der Waals surface area contributed by atoms with Crippen LogP contribution < -0.4 is 14.8 Å². The Bertz CT molecular complexity index is 667. The summed E-state index contributed by atoms with van der Waals surface area (Å²) in [5.41, 5.74) is -1.28. The molecule has 0 radical (unpaired) electrons. The summed E-state index contributed by atoms with van der Waals surface area (Å²) in [4.78, 5) is 23.0. The fraction of sp³-hybridized carbons (Fsp3) is 0.286. The Morgan fingerprint density at radius 2 is 2.00 bits per heavy atom. The van der Waals surface area contributed by atoms with E-state index in [1.807, 2.05) is 5.32 Å². The first-order valence-corrected chi connectivity index (χ1v) is 6.23. The molecule has 8 nitrogen and oxygen atoms in total. The maximum absolute atomic E-state index is 12.3. The monoisotopic (exact) mass is 309 g/mol. The van der Waals surface area contributed by atoms with Gasteiger partial charge in [0.15, 0.2) is 0 Å². The number of Topliss-reactive ketones (excluding diaryl/α,β-unsaturated/α-hetero) is 1. The van der Waals surface area contributed by atoms with E-state index in [4.69, 9.17) is 19.3 Å². The first-order valence-electron chi connectivity index (χ1n) is 6.23. The van der Waals surface area contributed by atoms with Crippen molar-refractivity contribution in [2.75, 3.05) is 14.2 Å². The van der Waals surface area contributed by atoms with Crippen molar-refractivity contribution >= 4 is 11.9 Å². The van der Waals surface area contributed by atoms with Gasteiger partial charge in [0.1, 0.15) is 11.5 Å². The predicted molar refractivity (Wildman–Crippen MR) is 73.8 cm³/mol. The maximum Gasteiger partial charge on any atom is 0.411 e. The molecule has 0 saturated carbocycles. The Labute approximate surface area is 125 Å². The quantitative estimate of drug-likeness (QED) is 0.772. The Kier molecular flexibility index (Phi) is 3.85. The minimum atomic E-state index is -1.61. The van der Waals surface area contributed by atoms with E-state index in [0.29, 0.717) is 17.1 Å². The third-order valence-electron chi connectivity index (χ3n) is 3.31. The van der Waals surface area contributed by atoms with Gasteiger partial charge < -0.3 is 24.4 Å². The Morgan fingerprint density at radius 1 is 1.32 bits per heavy atom. The SMILES string of the molecule is COc1ccc(C2(C)OC(NC(=O)O)=C(O)C2=O)c(OC)c1. The molecule has 1 aromatic rings. The van der Waals surface area contributed by atoms with Crippen molar-refractivity contribution in [2.45, 2.75) is 12.5 Å². The maximum atomic E-state index is 12.3. The van der Waals surface area contributed by atoms with E-state index in [0.717, 1.165) is 0 Å². The Balaban J connectivity index is 2.45. The minimum absolute atomic E-state index is 0.305. The molecule has 1 aromatic carbocycles. The zero-order valence-electron chi connectivity index (χ0n) is 12.2. The standard InChI is InChI=1S/C14H15NO7/c1-14(8-5-4-7(20-2)6-9(8)21-3)11(17)10(16)12(22-14)15-13(18)19/h4-6,15-16H,1-3H3,(H,18,19). The average molecular weight is 309 g/mol. The van der Waals surface area contributed by atoms with Crippen LogP contribution in [0.2, 0.25) is 0 Å². The van der Waals surface area contributed by atoms with E-state index in [2.05, 4.69) is 0 Å². The van der Waals surface area contributed by atoms with Crippen LogP contribution in [0.4, 0.5) is 4.79 Å². The zero-order valence-corrected chi connectivity index (χ0v) is 12.2. The highest BCUT2D eigenvalue weighted by atomic mass is 16.5. The van der Waals surface area contributed by atoms with Gasteiger partial charge in [0, 0.05) is 11.6 Å². The molecule has 8 heteroatoms. The molecular formula is C14H15NO7.